The Morgan fingerprint density at radius 2 is 2.22 bits per heavy atom. The third-order valence-electron chi connectivity index (χ3n) is 4.17. The molecule has 4 rings (SSSR count). The number of aromatic nitrogens is 6. The fraction of sp³-hybridized carbons (Fsp3) is 0.294. The van der Waals surface area contributed by atoms with Crippen molar-refractivity contribution in [2.75, 3.05) is 17.7 Å². The van der Waals surface area contributed by atoms with Crippen molar-refractivity contribution in [1.82, 2.24) is 29.8 Å². The topological polar surface area (TPSA) is 121 Å². The highest BCUT2D eigenvalue weighted by atomic mass is 79.9. The third-order valence-corrected chi connectivity index (χ3v) is 4.73. The lowest BCUT2D eigenvalue weighted by molar-refractivity contribution is 0.310. The second kappa shape index (κ2) is 7.39. The molecular formula is C17H18BrN7O2. The number of nitrogens with zero attached hydrogens (tertiary/aromatic N) is 5. The zero-order chi connectivity index (χ0) is 18.8. The summed E-state index contributed by atoms with van der Waals surface area (Å²) in [7, 11) is 0. The first-order valence-electron chi connectivity index (χ1n) is 8.54. The minimum atomic E-state index is 0.191. The number of nitrogens with one attached hydrogen (secondary N) is 1. The van der Waals surface area contributed by atoms with Crippen LogP contribution in [-0.4, -0.2) is 41.8 Å². The van der Waals surface area contributed by atoms with Crippen LogP contribution in [0.4, 0.5) is 5.82 Å². The summed E-state index contributed by atoms with van der Waals surface area (Å²) in [5, 5.41) is 8.46. The van der Waals surface area contributed by atoms with Crippen LogP contribution in [0.15, 0.2) is 29.2 Å². The Morgan fingerprint density at radius 3 is 2.89 bits per heavy atom. The van der Waals surface area contributed by atoms with Gasteiger partial charge in [0.1, 0.15) is 16.7 Å². The van der Waals surface area contributed by atoms with E-state index in [0.717, 1.165) is 28.7 Å². The SMILES string of the molecule is CCn1c(-c2nonc2N)nc2c(-c3ccc[nH]3)ncc(OCCCBr)c21. The highest BCUT2D eigenvalue weighted by Crippen LogP contribution is 2.36. The van der Waals surface area contributed by atoms with Crippen LogP contribution in [-0.2, 0) is 6.54 Å². The van der Waals surface area contributed by atoms with E-state index in [4.69, 9.17) is 20.1 Å². The van der Waals surface area contributed by atoms with Crippen LogP contribution in [0, 0.1) is 0 Å². The first-order chi connectivity index (χ1) is 13.2. The van der Waals surface area contributed by atoms with Gasteiger partial charge in [-0.05, 0) is 35.8 Å². The molecular weight excluding hydrogens is 414 g/mol. The van der Waals surface area contributed by atoms with Gasteiger partial charge in [0, 0.05) is 18.1 Å². The number of rotatable bonds is 7. The van der Waals surface area contributed by atoms with Crippen molar-refractivity contribution in [3.8, 4) is 28.7 Å². The lowest BCUT2D eigenvalue weighted by Crippen LogP contribution is -2.04. The fourth-order valence-electron chi connectivity index (χ4n) is 2.97. The number of ether oxygens (including phenoxy) is 1. The Hall–Kier alpha value is -2.88. The number of pyridine rings is 1. The number of anilines is 1. The van der Waals surface area contributed by atoms with Gasteiger partial charge in [-0.3, -0.25) is 0 Å². The molecule has 9 nitrogen and oxygen atoms in total. The third kappa shape index (κ3) is 3.05. The molecule has 4 aromatic rings. The monoisotopic (exact) mass is 431 g/mol. The van der Waals surface area contributed by atoms with Gasteiger partial charge >= 0.3 is 0 Å². The zero-order valence-corrected chi connectivity index (χ0v) is 16.2. The van der Waals surface area contributed by atoms with Gasteiger partial charge in [0.2, 0.25) is 0 Å². The Balaban J connectivity index is 1.97. The summed E-state index contributed by atoms with van der Waals surface area (Å²) >= 11 is 3.42. The first-order valence-corrected chi connectivity index (χ1v) is 9.66. The molecule has 0 aromatic carbocycles. The summed E-state index contributed by atoms with van der Waals surface area (Å²) < 4.78 is 12.7. The van der Waals surface area contributed by atoms with Gasteiger partial charge in [0.15, 0.2) is 23.1 Å². The maximum Gasteiger partial charge on any atom is 0.199 e. The summed E-state index contributed by atoms with van der Waals surface area (Å²) in [4.78, 5) is 12.5. The van der Waals surface area contributed by atoms with Crippen molar-refractivity contribution in [1.29, 1.82) is 0 Å². The lowest BCUT2D eigenvalue weighted by Gasteiger charge is -2.11. The molecule has 0 unspecified atom stereocenters. The first kappa shape index (κ1) is 17.5. The molecule has 3 N–H and O–H groups in total. The van der Waals surface area contributed by atoms with Crippen molar-refractivity contribution >= 4 is 32.8 Å². The van der Waals surface area contributed by atoms with Crippen LogP contribution in [0.5, 0.6) is 5.75 Å². The van der Waals surface area contributed by atoms with E-state index >= 15 is 0 Å². The van der Waals surface area contributed by atoms with E-state index in [1.807, 2.05) is 29.8 Å². The molecule has 0 bridgehead atoms. The molecule has 140 valence electrons. The maximum atomic E-state index is 5.98. The number of imidazole rings is 1. The molecule has 0 radical (unpaired) electrons. The van der Waals surface area contributed by atoms with E-state index in [1.54, 1.807) is 6.20 Å². The number of nitrogen functional groups attached to an aromatic ring is 1. The van der Waals surface area contributed by atoms with Gasteiger partial charge in [-0.2, -0.15) is 0 Å². The van der Waals surface area contributed by atoms with Crippen LogP contribution in [0.1, 0.15) is 13.3 Å². The number of alkyl halides is 1. The normalized spacial score (nSPS) is 11.3. The second-order valence-electron chi connectivity index (χ2n) is 5.82. The summed E-state index contributed by atoms with van der Waals surface area (Å²) in [6.45, 7) is 3.23. The smallest absolute Gasteiger partial charge is 0.199 e. The molecule has 0 spiro atoms. The molecule has 27 heavy (non-hydrogen) atoms. The molecule has 4 aromatic heterocycles. The van der Waals surface area contributed by atoms with Gasteiger partial charge in [-0.1, -0.05) is 15.9 Å². The number of H-pyrrole nitrogens is 1. The lowest BCUT2D eigenvalue weighted by atomic mass is 10.2. The number of hydrogen-bond donors (Lipinski definition) is 2. The van der Waals surface area contributed by atoms with Gasteiger partial charge in [-0.15, -0.1) is 0 Å². The van der Waals surface area contributed by atoms with E-state index < -0.39 is 0 Å². The van der Waals surface area contributed by atoms with Gasteiger partial charge in [0.05, 0.1) is 18.5 Å². The average molecular weight is 432 g/mol. The molecule has 4 heterocycles. The highest BCUT2D eigenvalue weighted by Gasteiger charge is 2.24. The summed E-state index contributed by atoms with van der Waals surface area (Å²) in [6.07, 6.45) is 4.46. The van der Waals surface area contributed by atoms with Crippen molar-refractivity contribution in [2.45, 2.75) is 19.9 Å². The maximum absolute atomic E-state index is 5.98. The Labute approximate surface area is 163 Å². The number of hydrogen-bond acceptors (Lipinski definition) is 7. The summed E-state index contributed by atoms with van der Waals surface area (Å²) in [5.74, 6) is 1.42. The Bertz CT molecular complexity index is 1060. The van der Waals surface area contributed by atoms with Gasteiger partial charge in [0.25, 0.3) is 0 Å². The largest absolute Gasteiger partial charge is 0.490 e. The molecule has 0 saturated carbocycles. The number of aromatic amines is 1. The molecule has 0 amide bonds. The number of nitrogens with two attached hydrogens (primary N) is 1. The van der Waals surface area contributed by atoms with Crippen LogP contribution >= 0.6 is 15.9 Å². The molecule has 0 aliphatic carbocycles. The molecule has 0 atom stereocenters. The Kier molecular flexibility index (Phi) is 4.80. The second-order valence-corrected chi connectivity index (χ2v) is 6.61. The fourth-order valence-corrected chi connectivity index (χ4v) is 3.20. The molecule has 0 aliphatic rings. The van der Waals surface area contributed by atoms with E-state index in [2.05, 4.69) is 36.2 Å². The number of halogens is 1. The molecule has 0 fully saturated rings. The van der Waals surface area contributed by atoms with Crippen molar-refractivity contribution in [2.24, 2.45) is 0 Å². The van der Waals surface area contributed by atoms with Gasteiger partial charge in [-0.25, -0.2) is 14.6 Å². The predicted molar refractivity (Wildman–Crippen MR) is 105 cm³/mol. The zero-order valence-electron chi connectivity index (χ0n) is 14.6. The molecule has 0 aliphatic heterocycles. The highest BCUT2D eigenvalue weighted by molar-refractivity contribution is 9.09. The van der Waals surface area contributed by atoms with E-state index in [-0.39, 0.29) is 5.82 Å². The van der Waals surface area contributed by atoms with Crippen molar-refractivity contribution in [3.63, 3.8) is 0 Å². The predicted octanol–water partition coefficient (Wildman–Crippen LogP) is 3.24. The quantitative estimate of drug-likeness (QED) is 0.340. The molecule has 0 saturated heterocycles. The van der Waals surface area contributed by atoms with Crippen molar-refractivity contribution in [3.05, 3.63) is 24.5 Å². The standard InChI is InChI=1S/C17H18BrN7O2/c1-2-25-15-11(26-8-4-6-18)9-21-12(10-5-3-7-20-10)13(15)22-17(25)14-16(19)24-27-23-14/h3,5,7,9,20H,2,4,6,8H2,1H3,(H2,19,24). The van der Waals surface area contributed by atoms with Crippen LogP contribution in [0.2, 0.25) is 0 Å². The van der Waals surface area contributed by atoms with Crippen molar-refractivity contribution < 1.29 is 9.37 Å². The molecule has 10 heteroatoms. The minimum Gasteiger partial charge on any atom is -0.490 e. The minimum absolute atomic E-state index is 0.191. The Morgan fingerprint density at radius 1 is 1.33 bits per heavy atom. The summed E-state index contributed by atoms with van der Waals surface area (Å²) in [5.41, 5.74) is 9.44. The van der Waals surface area contributed by atoms with Gasteiger partial charge < -0.3 is 20.0 Å². The average Bonchev–Trinajstić information content (AvgIpc) is 3.41. The number of aryl methyl sites for hydroxylation is 1. The van der Waals surface area contributed by atoms with E-state index in [9.17, 15) is 0 Å². The van der Waals surface area contributed by atoms with Crippen LogP contribution in [0.25, 0.3) is 33.9 Å². The van der Waals surface area contributed by atoms with Crippen LogP contribution in [0.3, 0.4) is 0 Å². The van der Waals surface area contributed by atoms with E-state index in [1.165, 1.54) is 0 Å². The van der Waals surface area contributed by atoms with Crippen LogP contribution < -0.4 is 10.5 Å². The number of fused-ring (bicyclic) bond motifs is 1. The summed E-state index contributed by atoms with van der Waals surface area (Å²) in [6, 6.07) is 3.87. The van der Waals surface area contributed by atoms with E-state index in [0.29, 0.717) is 35.9 Å².